The summed E-state index contributed by atoms with van der Waals surface area (Å²) < 4.78 is 38.9. The number of carbonyl (C=O) groups excluding carboxylic acids is 1. The molecule has 152 valence electrons. The third-order valence-corrected chi connectivity index (χ3v) is 4.77. The van der Waals surface area contributed by atoms with Crippen LogP contribution in [0.1, 0.15) is 29.8 Å². The van der Waals surface area contributed by atoms with Crippen LogP contribution in [-0.2, 0) is 17.4 Å². The maximum absolute atomic E-state index is 13.0. The van der Waals surface area contributed by atoms with Gasteiger partial charge in [0.25, 0.3) is 0 Å². The van der Waals surface area contributed by atoms with Crippen LogP contribution in [0.2, 0.25) is 5.15 Å². The summed E-state index contributed by atoms with van der Waals surface area (Å²) in [5.74, 6) is -1.62. The van der Waals surface area contributed by atoms with Gasteiger partial charge in [-0.25, -0.2) is 9.97 Å². The largest absolute Gasteiger partial charge is 0.451 e. The Morgan fingerprint density at radius 2 is 2.03 bits per heavy atom. The fraction of sp³-hybridized carbons (Fsp3) is 0.368. The fourth-order valence-corrected chi connectivity index (χ4v) is 3.36. The zero-order valence-corrected chi connectivity index (χ0v) is 16.0. The minimum Gasteiger partial charge on any atom is -0.354 e. The van der Waals surface area contributed by atoms with Crippen molar-refractivity contribution in [2.24, 2.45) is 0 Å². The van der Waals surface area contributed by atoms with Gasteiger partial charge in [0.05, 0.1) is 11.6 Å². The van der Waals surface area contributed by atoms with Gasteiger partial charge in [-0.1, -0.05) is 23.7 Å². The molecule has 1 N–H and O–H groups in total. The zero-order chi connectivity index (χ0) is 21.0. The summed E-state index contributed by atoms with van der Waals surface area (Å²) in [7, 11) is 0. The zero-order valence-electron chi connectivity index (χ0n) is 15.2. The van der Waals surface area contributed by atoms with Crippen molar-refractivity contribution in [1.82, 2.24) is 15.3 Å². The third-order valence-electron chi connectivity index (χ3n) is 4.58. The van der Waals surface area contributed by atoms with E-state index in [1.54, 1.807) is 12.1 Å². The first-order valence-corrected chi connectivity index (χ1v) is 9.31. The number of nitriles is 1. The molecule has 1 amide bonds. The molecule has 1 aliphatic heterocycles. The molecule has 10 heteroatoms. The molecule has 1 atom stereocenters. The molecule has 0 bridgehead atoms. The van der Waals surface area contributed by atoms with E-state index in [1.807, 2.05) is 18.2 Å². The van der Waals surface area contributed by atoms with Crippen molar-refractivity contribution in [3.05, 3.63) is 52.4 Å². The van der Waals surface area contributed by atoms with Gasteiger partial charge in [0, 0.05) is 19.2 Å². The van der Waals surface area contributed by atoms with Crippen molar-refractivity contribution in [2.75, 3.05) is 18.0 Å². The number of hydrogen-bond donors (Lipinski definition) is 1. The van der Waals surface area contributed by atoms with E-state index in [0.717, 1.165) is 5.56 Å². The molecule has 1 unspecified atom stereocenters. The highest BCUT2D eigenvalue weighted by Gasteiger charge is 2.37. The van der Waals surface area contributed by atoms with E-state index in [4.69, 9.17) is 16.9 Å². The Bertz CT molecular complexity index is 927. The van der Waals surface area contributed by atoms with E-state index in [0.29, 0.717) is 37.9 Å². The maximum atomic E-state index is 13.0. The van der Waals surface area contributed by atoms with Crippen LogP contribution >= 0.6 is 11.6 Å². The summed E-state index contributed by atoms with van der Waals surface area (Å²) in [6, 6.07) is 9.68. The Hall–Kier alpha value is -2.86. The third kappa shape index (κ3) is 5.15. The van der Waals surface area contributed by atoms with E-state index in [1.165, 1.54) is 11.0 Å². The molecule has 1 fully saturated rings. The van der Waals surface area contributed by atoms with Crippen LogP contribution in [-0.4, -0.2) is 35.0 Å². The molecule has 0 aliphatic carbocycles. The first-order chi connectivity index (χ1) is 13.8. The number of alkyl halides is 3. The summed E-state index contributed by atoms with van der Waals surface area (Å²) in [6.45, 7) is 0.770. The van der Waals surface area contributed by atoms with Crippen LogP contribution in [0.25, 0.3) is 0 Å². The summed E-state index contributed by atoms with van der Waals surface area (Å²) in [5.41, 5.74) is 1.52. The van der Waals surface area contributed by atoms with Crippen LogP contribution in [0.15, 0.2) is 30.3 Å². The molecule has 0 spiro atoms. The number of aromatic nitrogens is 2. The van der Waals surface area contributed by atoms with Crippen LogP contribution in [0.4, 0.5) is 19.0 Å². The normalized spacial score (nSPS) is 16.5. The number of carbonyl (C=O) groups is 1. The predicted octanol–water partition coefficient (Wildman–Crippen LogP) is 3.35. The van der Waals surface area contributed by atoms with Crippen LogP contribution in [0.3, 0.4) is 0 Å². The average molecular weight is 424 g/mol. The van der Waals surface area contributed by atoms with Crippen LogP contribution in [0, 0.1) is 11.3 Å². The fourth-order valence-electron chi connectivity index (χ4n) is 3.19. The highest BCUT2D eigenvalue weighted by molar-refractivity contribution is 6.29. The number of rotatable bonds is 5. The molecule has 1 aromatic carbocycles. The average Bonchev–Trinajstić information content (AvgIpc) is 3.17. The molecule has 6 nitrogen and oxygen atoms in total. The first kappa shape index (κ1) is 20.9. The van der Waals surface area contributed by atoms with Crippen molar-refractivity contribution < 1.29 is 18.0 Å². The van der Waals surface area contributed by atoms with Gasteiger partial charge in [0.1, 0.15) is 17.0 Å². The first-order valence-electron chi connectivity index (χ1n) is 8.93. The summed E-state index contributed by atoms with van der Waals surface area (Å²) in [4.78, 5) is 20.9. The highest BCUT2D eigenvalue weighted by Crippen LogP contribution is 2.31. The minimum atomic E-state index is -4.72. The quantitative estimate of drug-likeness (QED) is 0.746. The number of benzene rings is 1. The van der Waals surface area contributed by atoms with Crippen molar-refractivity contribution in [2.45, 2.75) is 31.5 Å². The number of nitrogens with zero attached hydrogens (tertiary/aromatic N) is 4. The van der Waals surface area contributed by atoms with E-state index in [2.05, 4.69) is 15.3 Å². The number of nitrogens with one attached hydrogen (secondary N) is 1. The number of halogens is 4. The Kier molecular flexibility index (Phi) is 6.23. The molecule has 1 saturated heterocycles. The van der Waals surface area contributed by atoms with Gasteiger partial charge in [-0.05, 0) is 37.0 Å². The number of hydrogen-bond acceptors (Lipinski definition) is 5. The summed E-state index contributed by atoms with van der Waals surface area (Å²) >= 11 is 5.74. The maximum Gasteiger partial charge on any atom is 0.451 e. The molecule has 1 aliphatic rings. The second kappa shape index (κ2) is 8.66. The standard InChI is InChI=1S/C19H17ClF3N5O/c20-15-10-16(27-18(26-15)19(21,22)23)28-9-1-2-14(28)17(29)25-8-7-12-3-5-13(11-24)6-4-12/h3-6,10,14H,1-2,7-9H2,(H,25,29). The Balaban J connectivity index is 1.65. The van der Waals surface area contributed by atoms with E-state index >= 15 is 0 Å². The van der Waals surface area contributed by atoms with Gasteiger partial charge < -0.3 is 10.2 Å². The van der Waals surface area contributed by atoms with Gasteiger partial charge in [0.15, 0.2) is 0 Å². The highest BCUT2D eigenvalue weighted by atomic mass is 35.5. The number of amides is 1. The van der Waals surface area contributed by atoms with Crippen LogP contribution in [0.5, 0.6) is 0 Å². The molecule has 29 heavy (non-hydrogen) atoms. The van der Waals surface area contributed by atoms with Crippen molar-refractivity contribution in [1.29, 1.82) is 5.26 Å². The minimum absolute atomic E-state index is 0.0120. The van der Waals surface area contributed by atoms with Gasteiger partial charge >= 0.3 is 6.18 Å². The Morgan fingerprint density at radius 3 is 2.69 bits per heavy atom. The summed E-state index contributed by atoms with van der Waals surface area (Å²) in [6.07, 6.45) is -3.00. The van der Waals surface area contributed by atoms with Gasteiger partial charge in [-0.3, -0.25) is 4.79 Å². The lowest BCUT2D eigenvalue weighted by Crippen LogP contribution is -2.44. The molecule has 0 saturated carbocycles. The van der Waals surface area contributed by atoms with E-state index in [9.17, 15) is 18.0 Å². The molecule has 2 heterocycles. The number of anilines is 1. The lowest BCUT2D eigenvalue weighted by atomic mass is 10.1. The second-order valence-corrected chi connectivity index (χ2v) is 6.96. The molecule has 0 radical (unpaired) electrons. The SMILES string of the molecule is N#Cc1ccc(CCNC(=O)C2CCCN2c2cc(Cl)nc(C(F)(F)F)n2)cc1. The predicted molar refractivity (Wildman–Crippen MR) is 100 cm³/mol. The molecular formula is C19H17ClF3N5O. The summed E-state index contributed by atoms with van der Waals surface area (Å²) in [5, 5.41) is 11.3. The van der Waals surface area contributed by atoms with Gasteiger partial charge in [-0.2, -0.15) is 18.4 Å². The Labute approximate surface area is 170 Å². The topological polar surface area (TPSA) is 81.9 Å². The van der Waals surface area contributed by atoms with Gasteiger partial charge in [0.2, 0.25) is 11.7 Å². The molecule has 2 aromatic rings. The second-order valence-electron chi connectivity index (χ2n) is 6.57. The molecular weight excluding hydrogens is 407 g/mol. The smallest absolute Gasteiger partial charge is 0.354 e. The lowest BCUT2D eigenvalue weighted by Gasteiger charge is -2.25. The van der Waals surface area contributed by atoms with Gasteiger partial charge in [-0.15, -0.1) is 0 Å². The van der Waals surface area contributed by atoms with E-state index < -0.39 is 18.0 Å². The van der Waals surface area contributed by atoms with Crippen molar-refractivity contribution in [3.63, 3.8) is 0 Å². The monoisotopic (exact) mass is 423 g/mol. The Morgan fingerprint density at radius 1 is 1.31 bits per heavy atom. The van der Waals surface area contributed by atoms with E-state index in [-0.39, 0.29) is 16.9 Å². The van der Waals surface area contributed by atoms with Crippen LogP contribution < -0.4 is 10.2 Å². The van der Waals surface area contributed by atoms with Crippen molar-refractivity contribution >= 4 is 23.3 Å². The van der Waals surface area contributed by atoms with Crippen molar-refractivity contribution in [3.8, 4) is 6.07 Å². The lowest BCUT2D eigenvalue weighted by molar-refractivity contribution is -0.144. The molecule has 1 aromatic heterocycles. The molecule has 3 rings (SSSR count).